The van der Waals surface area contributed by atoms with Gasteiger partial charge in [0.25, 0.3) is 0 Å². The molecule has 24 heavy (non-hydrogen) atoms. The second-order valence-electron chi connectivity index (χ2n) is 6.68. The average Bonchev–Trinajstić information content (AvgIpc) is 2.99. The zero-order valence-corrected chi connectivity index (χ0v) is 14.3. The van der Waals surface area contributed by atoms with Crippen molar-refractivity contribution < 1.29 is 18.8 Å². The normalized spacial score (nSPS) is 21.8. The Morgan fingerprint density at radius 3 is 2.71 bits per heavy atom. The smallest absolute Gasteiger partial charge is 0.315 e. The summed E-state index contributed by atoms with van der Waals surface area (Å²) in [6, 6.07) is -0.527. The van der Waals surface area contributed by atoms with Gasteiger partial charge in [0.2, 0.25) is 5.89 Å². The summed E-state index contributed by atoms with van der Waals surface area (Å²) in [5, 5.41) is 9.78. The monoisotopic (exact) mass is 338 g/mol. The first-order valence-corrected chi connectivity index (χ1v) is 8.59. The second-order valence-corrected chi connectivity index (χ2v) is 6.68. The third kappa shape index (κ3) is 3.87. The summed E-state index contributed by atoms with van der Waals surface area (Å²) in [5.74, 6) is 1.25. The quantitative estimate of drug-likeness (QED) is 0.819. The van der Waals surface area contributed by atoms with E-state index < -0.39 is 0 Å². The van der Waals surface area contributed by atoms with E-state index in [2.05, 4.69) is 20.8 Å². The van der Waals surface area contributed by atoms with Crippen LogP contribution in [0, 0.1) is 12.8 Å². The maximum Gasteiger partial charge on any atom is 0.315 e. The predicted molar refractivity (Wildman–Crippen MR) is 85.4 cm³/mol. The second kappa shape index (κ2) is 7.48. The van der Waals surface area contributed by atoms with Gasteiger partial charge in [-0.05, 0) is 44.9 Å². The van der Waals surface area contributed by atoms with E-state index in [1.54, 1.807) is 14.0 Å². The van der Waals surface area contributed by atoms with Gasteiger partial charge in [-0.25, -0.2) is 4.79 Å². The summed E-state index contributed by atoms with van der Waals surface area (Å²) in [4.78, 5) is 16.7. The zero-order valence-electron chi connectivity index (χ0n) is 14.3. The van der Waals surface area contributed by atoms with Crippen molar-refractivity contribution in [1.82, 2.24) is 20.8 Å². The van der Waals surface area contributed by atoms with E-state index in [1.165, 1.54) is 0 Å². The van der Waals surface area contributed by atoms with Crippen molar-refractivity contribution in [3.63, 3.8) is 0 Å². The number of aryl methyl sites for hydroxylation is 1. The van der Waals surface area contributed by atoms with Gasteiger partial charge in [-0.15, -0.1) is 0 Å². The lowest BCUT2D eigenvalue weighted by atomic mass is 9.80. The largest absolute Gasteiger partial charge is 0.381 e. The van der Waals surface area contributed by atoms with Gasteiger partial charge < -0.3 is 24.6 Å². The fourth-order valence-electron chi connectivity index (χ4n) is 3.33. The number of carbonyl (C=O) groups excluding carboxylic acids is 1. The van der Waals surface area contributed by atoms with Gasteiger partial charge in [0.1, 0.15) is 6.04 Å². The van der Waals surface area contributed by atoms with Gasteiger partial charge in [0, 0.05) is 26.9 Å². The predicted octanol–water partition coefficient (Wildman–Crippen LogP) is 1.71. The van der Waals surface area contributed by atoms with Crippen molar-refractivity contribution in [2.24, 2.45) is 5.92 Å². The Labute approximate surface area is 141 Å². The number of urea groups is 1. The highest BCUT2D eigenvalue weighted by Gasteiger charge is 2.38. The summed E-state index contributed by atoms with van der Waals surface area (Å²) in [7, 11) is 1.70. The molecule has 0 aromatic carbocycles. The molecule has 2 aliphatic rings. The van der Waals surface area contributed by atoms with Crippen LogP contribution >= 0.6 is 0 Å². The minimum absolute atomic E-state index is 0.202. The fourth-order valence-corrected chi connectivity index (χ4v) is 3.33. The highest BCUT2D eigenvalue weighted by atomic mass is 16.5. The van der Waals surface area contributed by atoms with Crippen molar-refractivity contribution >= 4 is 6.03 Å². The molecule has 0 radical (unpaired) electrons. The van der Waals surface area contributed by atoms with E-state index in [1.807, 2.05) is 0 Å². The van der Waals surface area contributed by atoms with Crippen LogP contribution in [-0.2, 0) is 9.47 Å². The molecule has 8 nitrogen and oxygen atoms in total. The molecule has 0 bridgehead atoms. The van der Waals surface area contributed by atoms with E-state index >= 15 is 0 Å². The molecule has 1 saturated heterocycles. The lowest BCUT2D eigenvalue weighted by Crippen LogP contribution is -2.52. The van der Waals surface area contributed by atoms with Crippen LogP contribution in [0.5, 0.6) is 0 Å². The molecule has 1 atom stereocenters. The number of aromatic nitrogens is 2. The molecule has 2 N–H and O–H groups in total. The molecule has 0 spiro atoms. The van der Waals surface area contributed by atoms with Gasteiger partial charge >= 0.3 is 6.03 Å². The molecule has 1 aromatic heterocycles. The first-order chi connectivity index (χ1) is 11.6. The zero-order chi connectivity index (χ0) is 17.0. The van der Waals surface area contributed by atoms with Crippen molar-refractivity contribution in [3.8, 4) is 0 Å². The molecule has 1 saturated carbocycles. The van der Waals surface area contributed by atoms with E-state index in [4.69, 9.17) is 14.0 Å². The number of rotatable bonds is 6. The minimum Gasteiger partial charge on any atom is -0.381 e. The van der Waals surface area contributed by atoms with Crippen LogP contribution in [0.1, 0.15) is 49.9 Å². The number of carbonyl (C=O) groups is 1. The molecule has 1 aliphatic carbocycles. The number of amides is 2. The first-order valence-electron chi connectivity index (χ1n) is 8.59. The Morgan fingerprint density at radius 1 is 1.42 bits per heavy atom. The lowest BCUT2D eigenvalue weighted by molar-refractivity contribution is -0.0674. The van der Waals surface area contributed by atoms with Gasteiger partial charge in [-0.1, -0.05) is 5.16 Å². The lowest BCUT2D eigenvalue weighted by Gasteiger charge is -2.40. The number of hydrogen-bond donors (Lipinski definition) is 2. The van der Waals surface area contributed by atoms with Crippen molar-refractivity contribution in [2.75, 3.05) is 26.9 Å². The molecule has 134 valence electrons. The SMILES string of the molecule is COC1(CNC(=O)N[C@H](c2nc(C)no2)C2CCOCC2)CCC1. The van der Waals surface area contributed by atoms with Gasteiger partial charge in [-0.3, -0.25) is 0 Å². The molecule has 1 aliphatic heterocycles. The summed E-state index contributed by atoms with van der Waals surface area (Å²) in [5.41, 5.74) is -0.202. The molecular formula is C16H26N4O4. The molecule has 1 aromatic rings. The standard InChI is InChI=1S/C16H26N4O4/c1-11-18-14(24-20-11)13(12-4-8-23-9-5-12)19-15(21)17-10-16(22-2)6-3-7-16/h12-13H,3-10H2,1-2H3,(H2,17,19,21)/t13-/m0/s1. The number of ether oxygens (including phenoxy) is 2. The summed E-state index contributed by atoms with van der Waals surface area (Å²) >= 11 is 0. The van der Waals surface area contributed by atoms with E-state index in [-0.39, 0.29) is 23.6 Å². The molecule has 2 amide bonds. The third-order valence-electron chi connectivity index (χ3n) is 5.10. The van der Waals surface area contributed by atoms with Crippen LogP contribution in [0.15, 0.2) is 4.52 Å². The molecular weight excluding hydrogens is 312 g/mol. The van der Waals surface area contributed by atoms with Crippen molar-refractivity contribution in [2.45, 2.75) is 50.7 Å². The molecule has 3 rings (SSSR count). The highest BCUT2D eigenvalue weighted by molar-refractivity contribution is 5.74. The van der Waals surface area contributed by atoms with E-state index in [0.717, 1.165) is 32.1 Å². The Kier molecular flexibility index (Phi) is 5.35. The van der Waals surface area contributed by atoms with Gasteiger partial charge in [0.15, 0.2) is 5.82 Å². The van der Waals surface area contributed by atoms with Crippen LogP contribution in [0.3, 0.4) is 0 Å². The van der Waals surface area contributed by atoms with Crippen LogP contribution in [0.2, 0.25) is 0 Å². The maximum absolute atomic E-state index is 12.4. The number of methoxy groups -OCH3 is 1. The number of nitrogens with zero attached hydrogens (tertiary/aromatic N) is 2. The Balaban J connectivity index is 1.61. The Morgan fingerprint density at radius 2 is 2.17 bits per heavy atom. The van der Waals surface area contributed by atoms with Crippen LogP contribution < -0.4 is 10.6 Å². The van der Waals surface area contributed by atoms with Gasteiger partial charge in [0.05, 0.1) is 5.60 Å². The van der Waals surface area contributed by atoms with Crippen molar-refractivity contribution in [1.29, 1.82) is 0 Å². The van der Waals surface area contributed by atoms with Crippen LogP contribution in [0.25, 0.3) is 0 Å². The molecule has 2 heterocycles. The average molecular weight is 338 g/mol. The maximum atomic E-state index is 12.4. The molecule has 2 fully saturated rings. The summed E-state index contributed by atoms with van der Waals surface area (Å²) < 4.78 is 16.3. The van der Waals surface area contributed by atoms with Crippen LogP contribution in [0.4, 0.5) is 4.79 Å². The third-order valence-corrected chi connectivity index (χ3v) is 5.10. The highest BCUT2D eigenvalue weighted by Crippen LogP contribution is 2.34. The summed E-state index contributed by atoms with van der Waals surface area (Å²) in [6.45, 7) is 3.65. The van der Waals surface area contributed by atoms with E-state index in [9.17, 15) is 4.79 Å². The van der Waals surface area contributed by atoms with Gasteiger partial charge in [-0.2, -0.15) is 4.98 Å². The Bertz CT molecular complexity index is 547. The molecule has 8 heteroatoms. The topological polar surface area (TPSA) is 98.5 Å². The molecule has 0 unspecified atom stereocenters. The van der Waals surface area contributed by atoms with Crippen molar-refractivity contribution in [3.05, 3.63) is 11.7 Å². The fraction of sp³-hybridized carbons (Fsp3) is 0.812. The number of nitrogens with one attached hydrogen (secondary N) is 2. The minimum atomic E-state index is -0.296. The summed E-state index contributed by atoms with van der Waals surface area (Å²) in [6.07, 6.45) is 4.82. The number of hydrogen-bond acceptors (Lipinski definition) is 6. The Hall–Kier alpha value is -1.67. The first kappa shape index (κ1) is 17.2. The van der Waals surface area contributed by atoms with E-state index in [0.29, 0.717) is 31.5 Å². The van der Waals surface area contributed by atoms with Crippen LogP contribution in [-0.4, -0.2) is 48.6 Å².